The first-order valence-corrected chi connectivity index (χ1v) is 5.17. The average Bonchev–Trinajstić information content (AvgIpc) is 2.21. The van der Waals surface area contributed by atoms with Gasteiger partial charge in [-0.25, -0.2) is 8.78 Å². The van der Waals surface area contributed by atoms with E-state index in [0.717, 1.165) is 6.07 Å². The molecule has 0 heterocycles. The second-order valence-corrected chi connectivity index (χ2v) is 4.20. The number of esters is 1. The Balaban J connectivity index is 3.18. The molecule has 0 saturated heterocycles. The second-order valence-electron chi connectivity index (χ2n) is 3.58. The molecule has 0 amide bonds. The lowest BCUT2D eigenvalue weighted by atomic mass is 9.94. The zero-order valence-corrected chi connectivity index (χ0v) is 10.0. The van der Waals surface area contributed by atoms with Gasteiger partial charge >= 0.3 is 5.97 Å². The standard InChI is InChI=1S/C10H10BF2O2P/c1-4(2)10(14)15-9-7(11)5(12)3-6(16)8(9)13/h3-4H,16H2,1-2H3. The van der Waals surface area contributed by atoms with Crippen LogP contribution in [0.15, 0.2) is 6.07 Å². The van der Waals surface area contributed by atoms with Crippen molar-refractivity contribution >= 4 is 33.8 Å². The van der Waals surface area contributed by atoms with Gasteiger partial charge in [-0.3, -0.25) is 4.79 Å². The second kappa shape index (κ2) is 4.92. The summed E-state index contributed by atoms with van der Waals surface area (Å²) in [5, 5.41) is -0.0433. The molecule has 1 rings (SSSR count). The highest BCUT2D eigenvalue weighted by atomic mass is 31.0. The summed E-state index contributed by atoms with van der Waals surface area (Å²) in [6.07, 6.45) is 0. The van der Waals surface area contributed by atoms with Crippen molar-refractivity contribution < 1.29 is 18.3 Å². The van der Waals surface area contributed by atoms with Crippen LogP contribution in [-0.2, 0) is 4.79 Å². The predicted molar refractivity (Wildman–Crippen MR) is 61.6 cm³/mol. The van der Waals surface area contributed by atoms with Gasteiger partial charge in [0.1, 0.15) is 13.7 Å². The third-order valence-electron chi connectivity index (χ3n) is 1.91. The lowest BCUT2D eigenvalue weighted by molar-refractivity contribution is -0.137. The Bertz CT molecular complexity index is 409. The molecule has 16 heavy (non-hydrogen) atoms. The van der Waals surface area contributed by atoms with Gasteiger partial charge in [-0.1, -0.05) is 13.8 Å². The molecular formula is C10H10BF2O2P. The number of carbonyl (C=O) groups is 1. The molecule has 1 aromatic carbocycles. The number of rotatable bonds is 2. The van der Waals surface area contributed by atoms with Crippen LogP contribution in [0.1, 0.15) is 13.8 Å². The monoisotopic (exact) mass is 242 g/mol. The van der Waals surface area contributed by atoms with E-state index in [2.05, 4.69) is 0 Å². The summed E-state index contributed by atoms with van der Waals surface area (Å²) in [6, 6.07) is 0.919. The Labute approximate surface area is 96.0 Å². The van der Waals surface area contributed by atoms with Crippen molar-refractivity contribution in [3.63, 3.8) is 0 Å². The van der Waals surface area contributed by atoms with Gasteiger partial charge in [-0.05, 0) is 11.5 Å². The molecule has 1 atom stereocenters. The van der Waals surface area contributed by atoms with Crippen LogP contribution in [0.3, 0.4) is 0 Å². The van der Waals surface area contributed by atoms with Crippen LogP contribution in [0.5, 0.6) is 5.75 Å². The van der Waals surface area contributed by atoms with Crippen LogP contribution in [0.2, 0.25) is 0 Å². The molecule has 1 aromatic rings. The van der Waals surface area contributed by atoms with E-state index < -0.39 is 34.7 Å². The molecule has 0 aliphatic heterocycles. The van der Waals surface area contributed by atoms with E-state index in [1.165, 1.54) is 0 Å². The highest BCUT2D eigenvalue weighted by molar-refractivity contribution is 7.27. The molecule has 0 aromatic heterocycles. The van der Waals surface area contributed by atoms with Crippen LogP contribution in [0.4, 0.5) is 8.78 Å². The first-order valence-electron chi connectivity index (χ1n) is 4.59. The molecule has 0 spiro atoms. The maximum atomic E-state index is 13.5. The van der Waals surface area contributed by atoms with Gasteiger partial charge in [-0.15, -0.1) is 9.24 Å². The van der Waals surface area contributed by atoms with E-state index in [1.54, 1.807) is 13.8 Å². The lowest BCUT2D eigenvalue weighted by Crippen LogP contribution is -2.25. The van der Waals surface area contributed by atoms with Crippen molar-refractivity contribution in [2.24, 2.45) is 5.92 Å². The van der Waals surface area contributed by atoms with Crippen molar-refractivity contribution in [2.75, 3.05) is 0 Å². The van der Waals surface area contributed by atoms with Gasteiger partial charge in [-0.2, -0.15) is 0 Å². The molecule has 0 N–H and O–H groups in total. The maximum absolute atomic E-state index is 13.5. The van der Waals surface area contributed by atoms with Crippen LogP contribution in [0.25, 0.3) is 0 Å². The summed E-state index contributed by atoms with van der Waals surface area (Å²) >= 11 is 0. The Kier molecular flexibility index (Phi) is 4.03. The first kappa shape index (κ1) is 13.1. The van der Waals surface area contributed by atoms with Crippen molar-refractivity contribution in [1.82, 2.24) is 0 Å². The molecule has 0 fully saturated rings. The largest absolute Gasteiger partial charge is 0.424 e. The fourth-order valence-electron chi connectivity index (χ4n) is 0.954. The highest BCUT2D eigenvalue weighted by Crippen LogP contribution is 2.16. The minimum Gasteiger partial charge on any atom is -0.424 e. The molecule has 2 radical (unpaired) electrons. The zero-order valence-electron chi connectivity index (χ0n) is 8.88. The fraction of sp³-hybridized carbons (Fsp3) is 0.300. The third-order valence-corrected chi connectivity index (χ3v) is 2.33. The topological polar surface area (TPSA) is 26.3 Å². The summed E-state index contributed by atoms with van der Waals surface area (Å²) in [5.41, 5.74) is -0.502. The molecule has 0 aliphatic carbocycles. The van der Waals surface area contributed by atoms with Crippen molar-refractivity contribution in [3.05, 3.63) is 17.7 Å². The van der Waals surface area contributed by atoms with E-state index in [1.807, 2.05) is 9.24 Å². The molecule has 0 saturated carbocycles. The summed E-state index contributed by atoms with van der Waals surface area (Å²) in [4.78, 5) is 11.3. The highest BCUT2D eigenvalue weighted by Gasteiger charge is 2.19. The van der Waals surface area contributed by atoms with Crippen LogP contribution in [-0.4, -0.2) is 13.8 Å². The number of carbonyl (C=O) groups excluding carboxylic acids is 1. The molecule has 84 valence electrons. The number of benzene rings is 1. The van der Waals surface area contributed by atoms with Gasteiger partial charge < -0.3 is 4.74 Å². The van der Waals surface area contributed by atoms with Crippen molar-refractivity contribution in [3.8, 4) is 5.75 Å². The molecule has 2 nitrogen and oxygen atoms in total. The minimum absolute atomic E-state index is 0.0433. The Morgan fingerprint density at radius 1 is 1.50 bits per heavy atom. The Morgan fingerprint density at radius 2 is 2.06 bits per heavy atom. The van der Waals surface area contributed by atoms with Gasteiger partial charge in [0.15, 0.2) is 11.6 Å². The maximum Gasteiger partial charge on any atom is 0.313 e. The molecule has 0 bridgehead atoms. The Hall–Kier alpha value is -0.955. The molecule has 6 heteroatoms. The fourth-order valence-corrected chi connectivity index (χ4v) is 1.23. The van der Waals surface area contributed by atoms with E-state index in [-0.39, 0.29) is 5.30 Å². The quantitative estimate of drug-likeness (QED) is 0.332. The van der Waals surface area contributed by atoms with E-state index in [0.29, 0.717) is 0 Å². The average molecular weight is 242 g/mol. The molecule has 1 unspecified atom stereocenters. The lowest BCUT2D eigenvalue weighted by Gasteiger charge is -2.12. The van der Waals surface area contributed by atoms with E-state index >= 15 is 0 Å². The van der Waals surface area contributed by atoms with E-state index in [9.17, 15) is 13.6 Å². The van der Waals surface area contributed by atoms with Crippen LogP contribution < -0.4 is 15.5 Å². The van der Waals surface area contributed by atoms with Gasteiger partial charge in [0.2, 0.25) is 0 Å². The summed E-state index contributed by atoms with van der Waals surface area (Å²) in [5.74, 6) is -3.34. The number of halogens is 2. The SMILES string of the molecule is [B]c1c(F)cc(P)c(F)c1OC(=O)C(C)C. The van der Waals surface area contributed by atoms with Crippen LogP contribution in [0, 0.1) is 17.6 Å². The van der Waals surface area contributed by atoms with E-state index in [4.69, 9.17) is 12.6 Å². The normalized spacial score (nSPS) is 10.6. The zero-order chi connectivity index (χ0) is 12.5. The van der Waals surface area contributed by atoms with Crippen LogP contribution >= 0.6 is 9.24 Å². The predicted octanol–water partition coefficient (Wildman–Crippen LogP) is 0.820. The van der Waals surface area contributed by atoms with Gasteiger partial charge in [0.25, 0.3) is 0 Å². The summed E-state index contributed by atoms with van der Waals surface area (Å²) < 4.78 is 31.4. The Morgan fingerprint density at radius 3 is 2.56 bits per heavy atom. The number of ether oxygens (including phenoxy) is 1. The first-order chi connectivity index (χ1) is 7.34. The number of hydrogen-bond acceptors (Lipinski definition) is 2. The molecule has 0 aliphatic rings. The van der Waals surface area contributed by atoms with Gasteiger partial charge in [0.05, 0.1) is 5.92 Å². The van der Waals surface area contributed by atoms with Crippen molar-refractivity contribution in [1.29, 1.82) is 0 Å². The minimum atomic E-state index is -0.849. The van der Waals surface area contributed by atoms with Gasteiger partial charge in [0, 0.05) is 5.30 Å². The smallest absolute Gasteiger partial charge is 0.313 e. The number of hydrogen-bond donors (Lipinski definition) is 0. The summed E-state index contributed by atoms with van der Waals surface area (Å²) in [7, 11) is 7.30. The molecular weight excluding hydrogens is 232 g/mol. The van der Waals surface area contributed by atoms with Crippen molar-refractivity contribution in [2.45, 2.75) is 13.8 Å². The summed E-state index contributed by atoms with van der Waals surface area (Å²) in [6.45, 7) is 3.16. The third kappa shape index (κ3) is 2.59.